The Balaban J connectivity index is 2.15. The van der Waals surface area contributed by atoms with Crippen molar-refractivity contribution in [3.63, 3.8) is 0 Å². The van der Waals surface area contributed by atoms with Crippen LogP contribution < -0.4 is 0 Å². The Morgan fingerprint density at radius 2 is 2.08 bits per heavy atom. The average Bonchev–Trinajstić information content (AvgIpc) is 2.19. The van der Waals surface area contributed by atoms with Crippen molar-refractivity contribution in [2.24, 2.45) is 5.16 Å². The molecule has 0 amide bonds. The molecular formula is C10H11NO2. The molecule has 0 spiro atoms. The van der Waals surface area contributed by atoms with Gasteiger partial charge in [-0.05, 0) is 5.56 Å². The summed E-state index contributed by atoms with van der Waals surface area (Å²) in [6, 6.07) is 9.99. The molecule has 1 aliphatic heterocycles. The fraction of sp³-hybridized carbons (Fsp3) is 0.300. The van der Waals surface area contributed by atoms with Gasteiger partial charge in [-0.1, -0.05) is 35.5 Å². The molecule has 1 unspecified atom stereocenters. The van der Waals surface area contributed by atoms with E-state index in [2.05, 4.69) is 5.16 Å². The van der Waals surface area contributed by atoms with E-state index in [1.165, 1.54) is 0 Å². The summed E-state index contributed by atoms with van der Waals surface area (Å²) in [6.07, 6.45) is -0.0151. The van der Waals surface area contributed by atoms with E-state index in [-0.39, 0.29) is 6.10 Å². The third kappa shape index (κ3) is 1.80. The molecule has 0 aliphatic carbocycles. The Morgan fingerprint density at radius 3 is 2.77 bits per heavy atom. The highest BCUT2D eigenvalue weighted by molar-refractivity contribution is 5.73. The van der Waals surface area contributed by atoms with Crippen molar-refractivity contribution in [1.82, 2.24) is 0 Å². The molecule has 1 heterocycles. The van der Waals surface area contributed by atoms with Crippen LogP contribution in [0.3, 0.4) is 0 Å². The summed E-state index contributed by atoms with van der Waals surface area (Å²) >= 11 is 0. The number of nitrogens with zero attached hydrogens (tertiary/aromatic N) is 1. The number of benzene rings is 1. The highest BCUT2D eigenvalue weighted by Crippen LogP contribution is 2.20. The van der Waals surface area contributed by atoms with E-state index < -0.39 is 0 Å². The van der Waals surface area contributed by atoms with Gasteiger partial charge in [0.1, 0.15) is 0 Å². The summed E-state index contributed by atoms with van der Waals surface area (Å²) in [5, 5.41) is 3.70. The highest BCUT2D eigenvalue weighted by Gasteiger charge is 2.17. The number of rotatable bonds is 1. The van der Waals surface area contributed by atoms with Gasteiger partial charge in [0, 0.05) is 6.92 Å². The molecule has 0 radical (unpaired) electrons. The first kappa shape index (κ1) is 8.10. The third-order valence-corrected chi connectivity index (χ3v) is 1.90. The summed E-state index contributed by atoms with van der Waals surface area (Å²) < 4.78 is 5.50. The second-order valence-corrected chi connectivity index (χ2v) is 2.92. The van der Waals surface area contributed by atoms with Crippen LogP contribution in [0.2, 0.25) is 0 Å². The SMILES string of the molecule is CC1=NOCC(c2ccccc2)O1. The number of ether oxygens (including phenoxy) is 1. The number of hydrogen-bond acceptors (Lipinski definition) is 3. The zero-order valence-electron chi connectivity index (χ0n) is 7.43. The van der Waals surface area contributed by atoms with E-state index in [1.54, 1.807) is 6.92 Å². The third-order valence-electron chi connectivity index (χ3n) is 1.90. The second kappa shape index (κ2) is 3.47. The normalized spacial score (nSPS) is 21.3. The van der Waals surface area contributed by atoms with Gasteiger partial charge in [-0.3, -0.25) is 0 Å². The maximum atomic E-state index is 5.50. The Hall–Kier alpha value is -1.51. The molecule has 1 aromatic rings. The van der Waals surface area contributed by atoms with Crippen LogP contribution in [-0.2, 0) is 9.57 Å². The van der Waals surface area contributed by atoms with Gasteiger partial charge in [-0.2, -0.15) is 0 Å². The average molecular weight is 177 g/mol. The Labute approximate surface area is 77.0 Å². The molecule has 0 aromatic heterocycles. The minimum absolute atomic E-state index is 0.0151. The summed E-state index contributed by atoms with van der Waals surface area (Å²) in [5.74, 6) is 0.583. The van der Waals surface area contributed by atoms with Crippen LogP contribution in [0.1, 0.15) is 18.6 Å². The molecule has 1 atom stereocenters. The van der Waals surface area contributed by atoms with Crippen LogP contribution in [0.25, 0.3) is 0 Å². The molecule has 68 valence electrons. The van der Waals surface area contributed by atoms with Gasteiger partial charge >= 0.3 is 0 Å². The van der Waals surface area contributed by atoms with Gasteiger partial charge in [0.05, 0.1) is 0 Å². The summed E-state index contributed by atoms with van der Waals surface area (Å²) in [7, 11) is 0. The van der Waals surface area contributed by atoms with E-state index in [0.29, 0.717) is 12.5 Å². The summed E-state index contributed by atoms with van der Waals surface area (Å²) in [6.45, 7) is 2.27. The first-order valence-corrected chi connectivity index (χ1v) is 4.24. The van der Waals surface area contributed by atoms with Crippen LogP contribution in [0.15, 0.2) is 35.5 Å². The molecule has 1 aromatic carbocycles. The Morgan fingerprint density at radius 1 is 1.31 bits per heavy atom. The molecule has 0 fully saturated rings. The zero-order chi connectivity index (χ0) is 9.10. The first-order chi connectivity index (χ1) is 6.36. The lowest BCUT2D eigenvalue weighted by Crippen LogP contribution is -2.18. The van der Waals surface area contributed by atoms with Crippen molar-refractivity contribution in [3.05, 3.63) is 35.9 Å². The fourth-order valence-corrected chi connectivity index (χ4v) is 1.29. The van der Waals surface area contributed by atoms with Crippen LogP contribution in [0.5, 0.6) is 0 Å². The lowest BCUT2D eigenvalue weighted by molar-refractivity contribution is 0.00794. The summed E-state index contributed by atoms with van der Waals surface area (Å²) in [5.41, 5.74) is 1.12. The fourth-order valence-electron chi connectivity index (χ4n) is 1.29. The van der Waals surface area contributed by atoms with E-state index >= 15 is 0 Å². The molecule has 2 rings (SSSR count). The number of hydrogen-bond donors (Lipinski definition) is 0. The van der Waals surface area contributed by atoms with Gasteiger partial charge in [0.25, 0.3) is 0 Å². The lowest BCUT2D eigenvalue weighted by atomic mass is 10.1. The standard InChI is InChI=1S/C10H11NO2/c1-8-11-12-7-10(13-8)9-5-3-2-4-6-9/h2-6,10H,7H2,1H3. The topological polar surface area (TPSA) is 30.8 Å². The molecule has 0 saturated carbocycles. The van der Waals surface area contributed by atoms with Gasteiger partial charge in [-0.25, -0.2) is 0 Å². The van der Waals surface area contributed by atoms with Crippen molar-refractivity contribution in [2.45, 2.75) is 13.0 Å². The molecule has 0 bridgehead atoms. The molecule has 3 heteroatoms. The van der Waals surface area contributed by atoms with Crippen LogP contribution >= 0.6 is 0 Å². The second-order valence-electron chi connectivity index (χ2n) is 2.92. The zero-order valence-corrected chi connectivity index (χ0v) is 7.43. The van der Waals surface area contributed by atoms with E-state index in [1.807, 2.05) is 30.3 Å². The highest BCUT2D eigenvalue weighted by atomic mass is 16.7. The van der Waals surface area contributed by atoms with Gasteiger partial charge in [0.15, 0.2) is 12.7 Å². The lowest BCUT2D eigenvalue weighted by Gasteiger charge is -2.21. The monoisotopic (exact) mass is 177 g/mol. The van der Waals surface area contributed by atoms with Gasteiger partial charge in [0.2, 0.25) is 5.90 Å². The maximum absolute atomic E-state index is 5.50. The predicted molar refractivity (Wildman–Crippen MR) is 49.3 cm³/mol. The maximum Gasteiger partial charge on any atom is 0.223 e. The smallest absolute Gasteiger partial charge is 0.223 e. The molecule has 13 heavy (non-hydrogen) atoms. The molecule has 3 nitrogen and oxygen atoms in total. The van der Waals surface area contributed by atoms with Crippen molar-refractivity contribution in [2.75, 3.05) is 6.61 Å². The molecule has 1 aliphatic rings. The van der Waals surface area contributed by atoms with Crippen molar-refractivity contribution in [3.8, 4) is 0 Å². The van der Waals surface area contributed by atoms with Crippen molar-refractivity contribution >= 4 is 5.90 Å². The molecular weight excluding hydrogens is 166 g/mol. The van der Waals surface area contributed by atoms with Crippen LogP contribution in [0.4, 0.5) is 0 Å². The van der Waals surface area contributed by atoms with Crippen LogP contribution in [-0.4, -0.2) is 12.5 Å². The Kier molecular flexibility index (Phi) is 2.17. The first-order valence-electron chi connectivity index (χ1n) is 4.24. The van der Waals surface area contributed by atoms with E-state index in [0.717, 1.165) is 5.56 Å². The molecule has 0 N–H and O–H groups in total. The van der Waals surface area contributed by atoms with Gasteiger partial charge < -0.3 is 9.57 Å². The minimum Gasteiger partial charge on any atom is -0.467 e. The van der Waals surface area contributed by atoms with E-state index in [4.69, 9.17) is 9.57 Å². The predicted octanol–water partition coefficient (Wildman–Crippen LogP) is 2.11. The van der Waals surface area contributed by atoms with Crippen molar-refractivity contribution in [1.29, 1.82) is 0 Å². The van der Waals surface area contributed by atoms with E-state index in [9.17, 15) is 0 Å². The summed E-state index contributed by atoms with van der Waals surface area (Å²) in [4.78, 5) is 5.01. The number of oxime groups is 1. The van der Waals surface area contributed by atoms with Crippen LogP contribution in [0, 0.1) is 0 Å². The minimum atomic E-state index is -0.0151. The quantitative estimate of drug-likeness (QED) is 0.657. The van der Waals surface area contributed by atoms with Crippen molar-refractivity contribution < 1.29 is 9.57 Å². The molecule has 0 saturated heterocycles. The van der Waals surface area contributed by atoms with Gasteiger partial charge in [-0.15, -0.1) is 0 Å². The Bertz CT molecular complexity index is 308. The largest absolute Gasteiger partial charge is 0.467 e.